The maximum Gasteiger partial charge on any atom is 0.263 e. The quantitative estimate of drug-likeness (QED) is 0.770. The lowest BCUT2D eigenvalue weighted by Crippen LogP contribution is -2.12. The lowest BCUT2D eigenvalue weighted by Gasteiger charge is -2.06. The number of rotatable bonds is 4. The van der Waals surface area contributed by atoms with Crippen molar-refractivity contribution in [2.75, 3.05) is 4.72 Å². The van der Waals surface area contributed by atoms with Crippen molar-refractivity contribution >= 4 is 27.4 Å². The Morgan fingerprint density at radius 1 is 1.00 bits per heavy atom. The summed E-state index contributed by atoms with van der Waals surface area (Å²) in [7, 11) is -3.70. The van der Waals surface area contributed by atoms with Crippen molar-refractivity contribution in [3.63, 3.8) is 0 Å². The van der Waals surface area contributed by atoms with Crippen LogP contribution >= 0.6 is 11.6 Å². The van der Waals surface area contributed by atoms with Crippen LogP contribution in [0.1, 0.15) is 5.76 Å². The molecule has 2 aromatic carbocycles. The van der Waals surface area contributed by atoms with Gasteiger partial charge in [0.1, 0.15) is 5.76 Å². The first-order valence-corrected chi connectivity index (χ1v) is 8.62. The molecule has 3 rings (SSSR count). The first-order valence-electron chi connectivity index (χ1n) is 6.76. The summed E-state index contributed by atoms with van der Waals surface area (Å²) >= 11 is 5.86. The third kappa shape index (κ3) is 3.55. The van der Waals surface area contributed by atoms with Crippen LogP contribution in [0.15, 0.2) is 64.0 Å². The van der Waals surface area contributed by atoms with Crippen molar-refractivity contribution < 1.29 is 12.9 Å². The predicted octanol–water partition coefficient (Wildman–Crippen LogP) is 4.10. The molecule has 23 heavy (non-hydrogen) atoms. The standard InChI is InChI=1S/C16H13ClN2O3S/c1-11-10-16(18-22-11)19-23(20,21)15-8-4-13(5-9-15)12-2-6-14(17)7-3-12/h2-10H,1H3,(H,18,19). The zero-order chi connectivity index (χ0) is 16.4. The van der Waals surface area contributed by atoms with Crippen LogP contribution in [0.3, 0.4) is 0 Å². The van der Waals surface area contributed by atoms with Gasteiger partial charge in [-0.15, -0.1) is 0 Å². The van der Waals surface area contributed by atoms with Gasteiger partial charge in [0, 0.05) is 11.1 Å². The summed E-state index contributed by atoms with van der Waals surface area (Å²) in [5.41, 5.74) is 1.86. The van der Waals surface area contributed by atoms with Crippen molar-refractivity contribution in [1.29, 1.82) is 0 Å². The molecule has 0 fully saturated rings. The van der Waals surface area contributed by atoms with Gasteiger partial charge in [0.2, 0.25) is 0 Å². The average molecular weight is 349 g/mol. The molecule has 0 aliphatic rings. The smallest absolute Gasteiger partial charge is 0.263 e. The highest BCUT2D eigenvalue weighted by Crippen LogP contribution is 2.24. The number of hydrogen-bond acceptors (Lipinski definition) is 4. The van der Waals surface area contributed by atoms with E-state index in [2.05, 4.69) is 9.88 Å². The van der Waals surface area contributed by atoms with Crippen LogP contribution in [0.5, 0.6) is 0 Å². The minimum Gasteiger partial charge on any atom is -0.360 e. The predicted molar refractivity (Wildman–Crippen MR) is 88.9 cm³/mol. The number of nitrogens with one attached hydrogen (secondary N) is 1. The van der Waals surface area contributed by atoms with Crippen LogP contribution in [0.2, 0.25) is 5.02 Å². The number of hydrogen-bond donors (Lipinski definition) is 1. The fourth-order valence-corrected chi connectivity index (χ4v) is 3.19. The maximum absolute atomic E-state index is 12.3. The minimum absolute atomic E-state index is 0.149. The first kappa shape index (κ1) is 15.6. The Labute approximate surface area is 138 Å². The molecule has 0 spiro atoms. The van der Waals surface area contributed by atoms with E-state index in [1.807, 2.05) is 12.1 Å². The zero-order valence-electron chi connectivity index (χ0n) is 12.2. The highest BCUT2D eigenvalue weighted by Gasteiger charge is 2.16. The second-order valence-electron chi connectivity index (χ2n) is 4.96. The van der Waals surface area contributed by atoms with E-state index in [0.717, 1.165) is 11.1 Å². The van der Waals surface area contributed by atoms with Gasteiger partial charge < -0.3 is 4.52 Å². The molecular formula is C16H13ClN2O3S. The molecule has 0 saturated heterocycles. The number of nitrogens with zero attached hydrogens (tertiary/aromatic N) is 1. The molecule has 0 aliphatic carbocycles. The second kappa shape index (κ2) is 6.06. The van der Waals surface area contributed by atoms with Crippen LogP contribution in [-0.4, -0.2) is 13.6 Å². The summed E-state index contributed by atoms with van der Waals surface area (Å²) in [6.45, 7) is 1.69. The number of sulfonamides is 1. The van der Waals surface area contributed by atoms with Gasteiger partial charge >= 0.3 is 0 Å². The molecule has 0 unspecified atom stereocenters. The number of benzene rings is 2. The van der Waals surface area contributed by atoms with Crippen molar-refractivity contribution in [1.82, 2.24) is 5.16 Å². The lowest BCUT2D eigenvalue weighted by atomic mass is 10.1. The van der Waals surface area contributed by atoms with Crippen LogP contribution in [0.4, 0.5) is 5.82 Å². The summed E-state index contributed by atoms with van der Waals surface area (Å²) in [5.74, 6) is 0.685. The molecule has 0 aliphatic heterocycles. The fraction of sp³-hybridized carbons (Fsp3) is 0.0625. The Morgan fingerprint density at radius 2 is 1.57 bits per heavy atom. The molecule has 5 nitrogen and oxygen atoms in total. The number of aromatic nitrogens is 1. The average Bonchev–Trinajstić information content (AvgIpc) is 2.92. The van der Waals surface area contributed by atoms with Crippen LogP contribution in [0.25, 0.3) is 11.1 Å². The van der Waals surface area contributed by atoms with Crippen molar-refractivity contribution in [2.45, 2.75) is 11.8 Å². The van der Waals surface area contributed by atoms with Gasteiger partial charge in [-0.1, -0.05) is 41.0 Å². The van der Waals surface area contributed by atoms with Crippen molar-refractivity contribution in [3.8, 4) is 11.1 Å². The van der Waals surface area contributed by atoms with E-state index in [0.29, 0.717) is 10.8 Å². The molecule has 7 heteroatoms. The maximum atomic E-state index is 12.3. The molecule has 0 saturated carbocycles. The van der Waals surface area contributed by atoms with E-state index in [4.69, 9.17) is 16.1 Å². The molecule has 118 valence electrons. The summed E-state index contributed by atoms with van der Waals surface area (Å²) in [5, 5.41) is 4.27. The molecule has 0 amide bonds. The molecular weight excluding hydrogens is 336 g/mol. The normalized spacial score (nSPS) is 11.4. The first-order chi connectivity index (χ1) is 10.9. The minimum atomic E-state index is -3.70. The second-order valence-corrected chi connectivity index (χ2v) is 7.08. The van der Waals surface area contributed by atoms with E-state index in [1.165, 1.54) is 6.07 Å². The number of anilines is 1. The largest absolute Gasteiger partial charge is 0.360 e. The molecule has 1 aromatic heterocycles. The van der Waals surface area contributed by atoms with Crippen LogP contribution < -0.4 is 4.72 Å². The van der Waals surface area contributed by atoms with Gasteiger partial charge in [0.15, 0.2) is 5.82 Å². The molecule has 0 bridgehead atoms. The highest BCUT2D eigenvalue weighted by molar-refractivity contribution is 7.92. The summed E-state index contributed by atoms with van der Waals surface area (Å²) in [6.07, 6.45) is 0. The van der Waals surface area contributed by atoms with Gasteiger partial charge in [-0.05, 0) is 42.3 Å². The topological polar surface area (TPSA) is 72.2 Å². The van der Waals surface area contributed by atoms with Gasteiger partial charge in [-0.2, -0.15) is 0 Å². The van der Waals surface area contributed by atoms with Crippen LogP contribution in [-0.2, 0) is 10.0 Å². The molecule has 1 N–H and O–H groups in total. The van der Waals surface area contributed by atoms with Crippen molar-refractivity contribution in [3.05, 3.63) is 65.4 Å². The van der Waals surface area contributed by atoms with Crippen molar-refractivity contribution in [2.24, 2.45) is 0 Å². The Hall–Kier alpha value is -2.31. The SMILES string of the molecule is Cc1cc(NS(=O)(=O)c2ccc(-c3ccc(Cl)cc3)cc2)no1. The lowest BCUT2D eigenvalue weighted by molar-refractivity contribution is 0.400. The van der Waals surface area contributed by atoms with E-state index in [-0.39, 0.29) is 10.7 Å². The van der Waals surface area contributed by atoms with Gasteiger partial charge in [0.05, 0.1) is 4.90 Å². The third-order valence-electron chi connectivity index (χ3n) is 3.21. The monoisotopic (exact) mass is 348 g/mol. The zero-order valence-corrected chi connectivity index (χ0v) is 13.7. The van der Waals surface area contributed by atoms with E-state index < -0.39 is 10.0 Å². The Balaban J connectivity index is 1.85. The van der Waals surface area contributed by atoms with Crippen LogP contribution in [0, 0.1) is 6.92 Å². The summed E-state index contributed by atoms with van der Waals surface area (Å²) in [4.78, 5) is 0.149. The highest BCUT2D eigenvalue weighted by atomic mass is 35.5. The molecule has 0 atom stereocenters. The van der Waals surface area contributed by atoms with Gasteiger partial charge in [-0.25, -0.2) is 8.42 Å². The molecule has 3 aromatic rings. The van der Waals surface area contributed by atoms with E-state index >= 15 is 0 Å². The third-order valence-corrected chi connectivity index (χ3v) is 4.83. The van der Waals surface area contributed by atoms with Gasteiger partial charge in [0.25, 0.3) is 10.0 Å². The Bertz CT molecular complexity index is 917. The molecule has 1 heterocycles. The summed E-state index contributed by atoms with van der Waals surface area (Å²) < 4.78 is 31.8. The molecule has 0 radical (unpaired) electrons. The summed E-state index contributed by atoms with van der Waals surface area (Å²) in [6, 6.07) is 15.4. The Kier molecular flexibility index (Phi) is 4.11. The number of halogens is 1. The van der Waals surface area contributed by atoms with E-state index in [9.17, 15) is 8.42 Å². The van der Waals surface area contributed by atoms with E-state index in [1.54, 1.807) is 43.3 Å². The fourth-order valence-electron chi connectivity index (χ4n) is 2.08. The van der Waals surface area contributed by atoms with Gasteiger partial charge in [-0.3, -0.25) is 4.72 Å². The number of aryl methyl sites for hydroxylation is 1. The Morgan fingerprint density at radius 3 is 2.09 bits per heavy atom.